The molecule has 166 valence electrons. The number of esters is 1. The SMILES string of the molecule is COC(=O)c1ccc(C2CCN(C(=O)[C@@H](N)[C@@H](C)OCC3CCOCC3)CC2)cc1. The van der Waals surface area contributed by atoms with Crippen molar-refractivity contribution in [2.24, 2.45) is 11.7 Å². The van der Waals surface area contributed by atoms with Gasteiger partial charge < -0.3 is 24.8 Å². The van der Waals surface area contributed by atoms with Gasteiger partial charge in [0.15, 0.2) is 0 Å². The van der Waals surface area contributed by atoms with Crippen molar-refractivity contribution in [1.29, 1.82) is 0 Å². The number of benzene rings is 1. The van der Waals surface area contributed by atoms with Crippen LogP contribution in [0.3, 0.4) is 0 Å². The molecule has 0 spiro atoms. The quantitative estimate of drug-likeness (QED) is 0.684. The third kappa shape index (κ3) is 5.80. The molecule has 2 N–H and O–H groups in total. The smallest absolute Gasteiger partial charge is 0.337 e. The highest BCUT2D eigenvalue weighted by Crippen LogP contribution is 2.28. The Labute approximate surface area is 178 Å². The molecule has 1 aromatic carbocycles. The zero-order chi connectivity index (χ0) is 21.5. The molecule has 1 aromatic rings. The number of amides is 1. The van der Waals surface area contributed by atoms with Crippen molar-refractivity contribution in [2.75, 3.05) is 40.0 Å². The Hall–Kier alpha value is -1.96. The maximum atomic E-state index is 12.8. The molecule has 7 nitrogen and oxygen atoms in total. The van der Waals surface area contributed by atoms with E-state index >= 15 is 0 Å². The Balaban J connectivity index is 1.45. The summed E-state index contributed by atoms with van der Waals surface area (Å²) in [5.41, 5.74) is 7.96. The van der Waals surface area contributed by atoms with Crippen molar-refractivity contribution in [3.8, 4) is 0 Å². The van der Waals surface area contributed by atoms with Gasteiger partial charge >= 0.3 is 5.97 Å². The second kappa shape index (κ2) is 10.9. The fourth-order valence-electron chi connectivity index (χ4n) is 4.16. The van der Waals surface area contributed by atoms with Crippen LogP contribution < -0.4 is 5.73 Å². The molecule has 0 saturated carbocycles. The lowest BCUT2D eigenvalue weighted by Crippen LogP contribution is -2.52. The van der Waals surface area contributed by atoms with Crippen molar-refractivity contribution in [3.63, 3.8) is 0 Å². The Morgan fingerprint density at radius 3 is 2.37 bits per heavy atom. The Bertz CT molecular complexity index is 694. The maximum absolute atomic E-state index is 12.8. The lowest BCUT2D eigenvalue weighted by atomic mass is 9.88. The number of nitrogens with zero attached hydrogens (tertiary/aromatic N) is 1. The third-order valence-corrected chi connectivity index (χ3v) is 6.34. The van der Waals surface area contributed by atoms with Crippen molar-refractivity contribution < 1.29 is 23.8 Å². The van der Waals surface area contributed by atoms with Crippen LogP contribution in [-0.2, 0) is 19.0 Å². The number of carbonyl (C=O) groups is 2. The van der Waals surface area contributed by atoms with Gasteiger partial charge in [-0.1, -0.05) is 12.1 Å². The molecule has 1 amide bonds. The lowest BCUT2D eigenvalue weighted by molar-refractivity contribution is -0.137. The van der Waals surface area contributed by atoms with Crippen molar-refractivity contribution >= 4 is 11.9 Å². The molecule has 0 bridgehead atoms. The molecule has 0 aromatic heterocycles. The summed E-state index contributed by atoms with van der Waals surface area (Å²) >= 11 is 0. The molecule has 7 heteroatoms. The lowest BCUT2D eigenvalue weighted by Gasteiger charge is -2.35. The van der Waals surface area contributed by atoms with Crippen LogP contribution >= 0.6 is 0 Å². The first-order valence-electron chi connectivity index (χ1n) is 10.9. The number of hydrogen-bond acceptors (Lipinski definition) is 6. The van der Waals surface area contributed by atoms with Gasteiger partial charge in [-0.2, -0.15) is 0 Å². The molecule has 2 fully saturated rings. The minimum absolute atomic E-state index is 0.0334. The molecular formula is C23H34N2O5. The normalized spacial score (nSPS) is 20.6. The van der Waals surface area contributed by atoms with Gasteiger partial charge in [-0.3, -0.25) is 4.79 Å². The predicted octanol–water partition coefficient (Wildman–Crippen LogP) is 2.34. The van der Waals surface area contributed by atoms with Crippen molar-refractivity contribution in [3.05, 3.63) is 35.4 Å². The standard InChI is InChI=1S/C23H34N2O5/c1-16(30-15-17-9-13-29-14-10-17)21(24)22(26)25-11-7-19(8-12-25)18-3-5-20(6-4-18)23(27)28-2/h3-6,16-17,19,21H,7-15,24H2,1-2H3/t16-,21+/m1/s1. The second-order valence-electron chi connectivity index (χ2n) is 8.33. The number of rotatable bonds is 7. The summed E-state index contributed by atoms with van der Waals surface area (Å²) in [6, 6.07) is 6.91. The van der Waals surface area contributed by atoms with Gasteiger partial charge in [0.05, 0.1) is 25.4 Å². The van der Waals surface area contributed by atoms with Crippen molar-refractivity contribution in [2.45, 2.75) is 50.7 Å². The molecule has 2 aliphatic heterocycles. The Morgan fingerprint density at radius 2 is 1.77 bits per heavy atom. The van der Waals surface area contributed by atoms with Crippen LogP contribution in [0.1, 0.15) is 54.4 Å². The minimum atomic E-state index is -0.638. The summed E-state index contributed by atoms with van der Waals surface area (Å²) in [6.45, 7) is 5.46. The number of ether oxygens (including phenoxy) is 3. The van der Waals surface area contributed by atoms with Crippen LogP contribution in [0, 0.1) is 5.92 Å². The summed E-state index contributed by atoms with van der Waals surface area (Å²) in [7, 11) is 1.38. The van der Waals surface area contributed by atoms with Crippen LogP contribution in [0.15, 0.2) is 24.3 Å². The van der Waals surface area contributed by atoms with E-state index in [9.17, 15) is 9.59 Å². The fraction of sp³-hybridized carbons (Fsp3) is 0.652. The summed E-state index contributed by atoms with van der Waals surface area (Å²) in [4.78, 5) is 26.3. The minimum Gasteiger partial charge on any atom is -0.465 e. The number of likely N-dealkylation sites (tertiary alicyclic amines) is 1. The highest BCUT2D eigenvalue weighted by molar-refractivity contribution is 5.89. The Morgan fingerprint density at radius 1 is 1.13 bits per heavy atom. The molecule has 0 aliphatic carbocycles. The third-order valence-electron chi connectivity index (χ3n) is 6.34. The van der Waals surface area contributed by atoms with E-state index < -0.39 is 6.04 Å². The molecule has 2 atom stereocenters. The molecule has 2 aliphatic rings. The first kappa shape index (κ1) is 22.7. The van der Waals surface area contributed by atoms with Gasteiger partial charge in [-0.05, 0) is 62.1 Å². The molecule has 0 unspecified atom stereocenters. The van der Waals surface area contributed by atoms with Crippen molar-refractivity contribution in [1.82, 2.24) is 4.90 Å². The largest absolute Gasteiger partial charge is 0.465 e. The molecule has 30 heavy (non-hydrogen) atoms. The molecule has 2 heterocycles. The molecule has 2 saturated heterocycles. The van der Waals surface area contributed by atoms with E-state index in [1.165, 1.54) is 12.7 Å². The fourth-order valence-corrected chi connectivity index (χ4v) is 4.16. The average Bonchev–Trinajstić information content (AvgIpc) is 2.82. The van der Waals surface area contributed by atoms with Crippen LogP contribution in [0.4, 0.5) is 0 Å². The van der Waals surface area contributed by atoms with Gasteiger partial charge in [0, 0.05) is 26.3 Å². The summed E-state index contributed by atoms with van der Waals surface area (Å²) in [6.07, 6.45) is 3.47. The predicted molar refractivity (Wildman–Crippen MR) is 113 cm³/mol. The topological polar surface area (TPSA) is 91.1 Å². The van der Waals surface area contributed by atoms with E-state index in [2.05, 4.69) is 0 Å². The summed E-state index contributed by atoms with van der Waals surface area (Å²) < 4.78 is 16.0. The van der Waals surface area contributed by atoms with E-state index in [1.807, 2.05) is 24.0 Å². The average molecular weight is 419 g/mol. The number of piperidine rings is 1. The summed E-state index contributed by atoms with van der Waals surface area (Å²) in [5.74, 6) is 0.502. The highest BCUT2D eigenvalue weighted by atomic mass is 16.5. The van der Waals surface area contributed by atoms with Gasteiger partial charge in [0.25, 0.3) is 0 Å². The monoisotopic (exact) mass is 418 g/mol. The van der Waals surface area contributed by atoms with E-state index in [4.69, 9.17) is 19.9 Å². The first-order valence-corrected chi connectivity index (χ1v) is 10.9. The van der Waals surface area contributed by atoms with E-state index in [1.54, 1.807) is 12.1 Å². The second-order valence-corrected chi connectivity index (χ2v) is 8.33. The highest BCUT2D eigenvalue weighted by Gasteiger charge is 2.30. The van der Waals surface area contributed by atoms with Crippen LogP contribution in [-0.4, -0.2) is 68.9 Å². The van der Waals surface area contributed by atoms with Crippen LogP contribution in [0.5, 0.6) is 0 Å². The van der Waals surface area contributed by atoms with Gasteiger partial charge in [-0.25, -0.2) is 4.79 Å². The Kier molecular flexibility index (Phi) is 8.24. The first-order chi connectivity index (χ1) is 14.5. The molecular weight excluding hydrogens is 384 g/mol. The number of methoxy groups -OCH3 is 1. The zero-order valence-electron chi connectivity index (χ0n) is 18.0. The van der Waals surface area contributed by atoms with Gasteiger partial charge in [0.2, 0.25) is 5.91 Å². The van der Waals surface area contributed by atoms with Gasteiger partial charge in [-0.15, -0.1) is 0 Å². The van der Waals surface area contributed by atoms with E-state index in [0.717, 1.165) is 38.9 Å². The molecule has 3 rings (SSSR count). The van der Waals surface area contributed by atoms with Gasteiger partial charge in [0.1, 0.15) is 6.04 Å². The van der Waals surface area contributed by atoms with E-state index in [-0.39, 0.29) is 18.0 Å². The zero-order valence-corrected chi connectivity index (χ0v) is 18.0. The summed E-state index contributed by atoms with van der Waals surface area (Å²) in [5, 5.41) is 0. The maximum Gasteiger partial charge on any atom is 0.337 e. The number of hydrogen-bond donors (Lipinski definition) is 1. The van der Waals surface area contributed by atoms with E-state index in [0.29, 0.717) is 37.1 Å². The number of nitrogens with two attached hydrogens (primary N) is 1. The number of carbonyl (C=O) groups excluding carboxylic acids is 2. The van der Waals surface area contributed by atoms with Crippen LogP contribution in [0.2, 0.25) is 0 Å². The van der Waals surface area contributed by atoms with Crippen LogP contribution in [0.25, 0.3) is 0 Å². The molecule has 0 radical (unpaired) electrons.